The highest BCUT2D eigenvalue weighted by molar-refractivity contribution is 7.92. The SMILES string of the molecule is Cc1ccc(NC(=O)c2csc([N+](=O)[O-])c2)cc1NS(=O)(=O)c1ccccc1. The van der Waals surface area contributed by atoms with E-state index in [0.717, 1.165) is 11.3 Å². The van der Waals surface area contributed by atoms with Crippen molar-refractivity contribution in [3.05, 3.63) is 81.2 Å². The smallest absolute Gasteiger partial charge is 0.322 e. The fourth-order valence-electron chi connectivity index (χ4n) is 2.36. The number of thiophene rings is 1. The number of carbonyl (C=O) groups is 1. The van der Waals surface area contributed by atoms with Gasteiger partial charge in [-0.1, -0.05) is 35.6 Å². The van der Waals surface area contributed by atoms with Crippen LogP contribution in [0.4, 0.5) is 16.4 Å². The Bertz CT molecular complexity index is 1140. The van der Waals surface area contributed by atoms with Crippen molar-refractivity contribution in [2.45, 2.75) is 11.8 Å². The molecule has 1 amide bonds. The lowest BCUT2D eigenvalue weighted by Gasteiger charge is -2.13. The third kappa shape index (κ3) is 4.35. The summed E-state index contributed by atoms with van der Waals surface area (Å²) in [6.45, 7) is 1.73. The lowest BCUT2D eigenvalue weighted by Crippen LogP contribution is -2.15. The predicted molar refractivity (Wildman–Crippen MR) is 107 cm³/mol. The molecule has 2 aromatic carbocycles. The zero-order chi connectivity index (χ0) is 20.3. The summed E-state index contributed by atoms with van der Waals surface area (Å²) >= 11 is 0.856. The molecule has 0 saturated heterocycles. The minimum atomic E-state index is -3.78. The number of hydrogen-bond donors (Lipinski definition) is 2. The van der Waals surface area contributed by atoms with E-state index in [2.05, 4.69) is 10.0 Å². The number of anilines is 2. The quantitative estimate of drug-likeness (QED) is 0.464. The van der Waals surface area contributed by atoms with E-state index in [9.17, 15) is 23.3 Å². The van der Waals surface area contributed by atoms with Gasteiger partial charge in [0.1, 0.15) is 0 Å². The van der Waals surface area contributed by atoms with Gasteiger partial charge in [-0.2, -0.15) is 0 Å². The van der Waals surface area contributed by atoms with Crippen LogP contribution in [0.3, 0.4) is 0 Å². The summed E-state index contributed by atoms with van der Waals surface area (Å²) in [6.07, 6.45) is 0. The van der Waals surface area contributed by atoms with Gasteiger partial charge in [-0.15, -0.1) is 0 Å². The molecule has 8 nitrogen and oxygen atoms in total. The Morgan fingerprint density at radius 2 is 1.82 bits per heavy atom. The second-order valence-corrected chi connectivity index (χ2v) is 8.41. The first-order valence-electron chi connectivity index (χ1n) is 7.99. The summed E-state index contributed by atoms with van der Waals surface area (Å²) in [4.78, 5) is 22.6. The Hall–Kier alpha value is -3.24. The van der Waals surface area contributed by atoms with Gasteiger partial charge in [-0.3, -0.25) is 19.6 Å². The molecule has 0 aliphatic heterocycles. The van der Waals surface area contributed by atoms with Crippen LogP contribution in [-0.2, 0) is 10.0 Å². The fraction of sp³-hybridized carbons (Fsp3) is 0.0556. The van der Waals surface area contributed by atoms with Crippen molar-refractivity contribution in [3.63, 3.8) is 0 Å². The molecule has 0 aliphatic carbocycles. The fourth-order valence-corrected chi connectivity index (χ4v) is 4.20. The van der Waals surface area contributed by atoms with Crippen molar-refractivity contribution >= 4 is 43.6 Å². The Morgan fingerprint density at radius 1 is 1.11 bits per heavy atom. The minimum absolute atomic E-state index is 0.120. The monoisotopic (exact) mass is 417 g/mol. The van der Waals surface area contributed by atoms with Crippen LogP contribution < -0.4 is 10.0 Å². The maximum atomic E-state index is 12.5. The van der Waals surface area contributed by atoms with Crippen molar-refractivity contribution < 1.29 is 18.1 Å². The van der Waals surface area contributed by atoms with E-state index in [4.69, 9.17) is 0 Å². The lowest BCUT2D eigenvalue weighted by atomic mass is 10.2. The van der Waals surface area contributed by atoms with Crippen molar-refractivity contribution in [2.24, 2.45) is 0 Å². The highest BCUT2D eigenvalue weighted by Gasteiger charge is 2.17. The number of hydrogen-bond acceptors (Lipinski definition) is 6. The Labute approximate surface area is 165 Å². The van der Waals surface area contributed by atoms with Gasteiger partial charge < -0.3 is 5.32 Å². The van der Waals surface area contributed by atoms with Gasteiger partial charge >= 0.3 is 5.00 Å². The van der Waals surface area contributed by atoms with Crippen LogP contribution >= 0.6 is 11.3 Å². The molecule has 0 bridgehead atoms. The zero-order valence-electron chi connectivity index (χ0n) is 14.6. The molecule has 0 spiro atoms. The van der Waals surface area contributed by atoms with Crippen LogP contribution in [0.15, 0.2) is 64.9 Å². The summed E-state index contributed by atoms with van der Waals surface area (Å²) in [6, 6.07) is 13.9. The number of benzene rings is 2. The van der Waals surface area contributed by atoms with Crippen LogP contribution in [0.1, 0.15) is 15.9 Å². The van der Waals surface area contributed by atoms with E-state index in [0.29, 0.717) is 16.9 Å². The first kappa shape index (κ1) is 19.5. The van der Waals surface area contributed by atoms with Crippen LogP contribution in [0, 0.1) is 17.0 Å². The number of amides is 1. The van der Waals surface area contributed by atoms with Crippen molar-refractivity contribution in [2.75, 3.05) is 10.0 Å². The number of rotatable bonds is 6. The van der Waals surface area contributed by atoms with E-state index < -0.39 is 20.9 Å². The van der Waals surface area contributed by atoms with Gasteiger partial charge in [0.25, 0.3) is 15.9 Å². The summed E-state index contributed by atoms with van der Waals surface area (Å²) in [5, 5.41) is 14.6. The molecule has 1 aromatic heterocycles. The molecule has 0 aliphatic rings. The van der Waals surface area contributed by atoms with Gasteiger partial charge in [0.05, 0.1) is 21.1 Å². The van der Waals surface area contributed by atoms with E-state index >= 15 is 0 Å². The standard InChI is InChI=1S/C18H15N3O5S2/c1-12-7-8-14(19-18(22)13-9-17(21(23)24)27-11-13)10-16(12)20-28(25,26)15-5-3-2-4-6-15/h2-11,20H,1H3,(H,19,22). The molecule has 0 atom stereocenters. The second-order valence-electron chi connectivity index (χ2n) is 5.83. The van der Waals surface area contributed by atoms with E-state index in [1.165, 1.54) is 29.6 Å². The molecule has 0 saturated carbocycles. The van der Waals surface area contributed by atoms with Gasteiger partial charge in [0, 0.05) is 17.1 Å². The molecule has 1 heterocycles. The van der Waals surface area contributed by atoms with Crippen molar-refractivity contribution in [1.82, 2.24) is 0 Å². The molecule has 144 valence electrons. The number of carbonyl (C=O) groups excluding carboxylic acids is 1. The molecule has 3 rings (SSSR count). The van der Waals surface area contributed by atoms with E-state index in [1.54, 1.807) is 37.3 Å². The van der Waals surface area contributed by atoms with Crippen LogP contribution in [0.2, 0.25) is 0 Å². The largest absolute Gasteiger partial charge is 0.324 e. The summed E-state index contributed by atoms with van der Waals surface area (Å²) in [5.41, 5.74) is 1.50. The van der Waals surface area contributed by atoms with Gasteiger partial charge in [0.2, 0.25) is 0 Å². The Kier molecular flexibility index (Phi) is 5.43. The third-order valence-corrected chi connectivity index (χ3v) is 6.08. The average molecular weight is 417 g/mol. The first-order chi connectivity index (χ1) is 13.3. The summed E-state index contributed by atoms with van der Waals surface area (Å²) in [5.74, 6) is -0.523. The molecular weight excluding hydrogens is 402 g/mol. The molecule has 0 unspecified atom stereocenters. The van der Waals surface area contributed by atoms with Gasteiger partial charge in [-0.25, -0.2) is 8.42 Å². The van der Waals surface area contributed by atoms with Gasteiger partial charge in [-0.05, 0) is 36.8 Å². The van der Waals surface area contributed by atoms with Crippen molar-refractivity contribution in [3.8, 4) is 0 Å². The van der Waals surface area contributed by atoms with E-state index in [1.807, 2.05) is 0 Å². The number of aryl methyl sites for hydroxylation is 1. The molecule has 0 fully saturated rings. The third-order valence-electron chi connectivity index (χ3n) is 3.82. The van der Waals surface area contributed by atoms with Crippen LogP contribution in [-0.4, -0.2) is 19.2 Å². The van der Waals surface area contributed by atoms with Crippen molar-refractivity contribution in [1.29, 1.82) is 0 Å². The van der Waals surface area contributed by atoms with Crippen LogP contribution in [0.25, 0.3) is 0 Å². The van der Waals surface area contributed by atoms with E-state index in [-0.39, 0.29) is 15.5 Å². The molecule has 2 N–H and O–H groups in total. The topological polar surface area (TPSA) is 118 Å². The summed E-state index contributed by atoms with van der Waals surface area (Å²) in [7, 11) is -3.78. The molecule has 28 heavy (non-hydrogen) atoms. The average Bonchev–Trinajstić information content (AvgIpc) is 3.16. The molecular formula is C18H15N3O5S2. The minimum Gasteiger partial charge on any atom is -0.322 e. The first-order valence-corrected chi connectivity index (χ1v) is 10.4. The lowest BCUT2D eigenvalue weighted by molar-refractivity contribution is -0.380. The number of sulfonamides is 1. The Morgan fingerprint density at radius 3 is 2.46 bits per heavy atom. The number of nitrogens with one attached hydrogen (secondary N) is 2. The maximum absolute atomic E-state index is 12.5. The Balaban J connectivity index is 1.81. The number of nitro groups is 1. The maximum Gasteiger partial charge on any atom is 0.324 e. The predicted octanol–water partition coefficient (Wildman–Crippen LogP) is 4.02. The second kappa shape index (κ2) is 7.79. The van der Waals surface area contributed by atoms with Crippen LogP contribution in [0.5, 0.6) is 0 Å². The molecule has 10 heteroatoms. The molecule has 3 aromatic rings. The summed E-state index contributed by atoms with van der Waals surface area (Å²) < 4.78 is 27.5. The highest BCUT2D eigenvalue weighted by atomic mass is 32.2. The normalized spacial score (nSPS) is 11.0. The van der Waals surface area contributed by atoms with Gasteiger partial charge in [0.15, 0.2) is 0 Å². The number of nitrogens with zero attached hydrogens (tertiary/aromatic N) is 1. The highest BCUT2D eigenvalue weighted by Crippen LogP contribution is 2.26. The molecule has 0 radical (unpaired) electrons. The zero-order valence-corrected chi connectivity index (χ0v) is 16.2.